The molecular weight excluding hydrogens is 268 g/mol. The maximum atomic E-state index is 12.2. The fourth-order valence-corrected chi connectivity index (χ4v) is 3.07. The zero-order chi connectivity index (χ0) is 14.2. The average molecular weight is 290 g/mol. The quantitative estimate of drug-likeness (QED) is 0.893. The minimum Gasteiger partial charge on any atom is -0.381 e. The van der Waals surface area contributed by atoms with E-state index in [1.54, 1.807) is 0 Å². The van der Waals surface area contributed by atoms with E-state index < -0.39 is 0 Å². The Kier molecular flexibility index (Phi) is 3.41. The molecule has 1 N–H and O–H groups in total. The Hall–Kier alpha value is -1.43. The Balaban J connectivity index is 1.41. The number of carbonyl (C=O) groups is 1. The molecule has 0 aromatic carbocycles. The number of ether oxygens (including phenoxy) is 1. The molecule has 21 heavy (non-hydrogen) atoms. The van der Waals surface area contributed by atoms with Crippen LogP contribution in [0.2, 0.25) is 0 Å². The van der Waals surface area contributed by atoms with Crippen molar-refractivity contribution in [2.45, 2.75) is 57.0 Å². The second kappa shape index (κ2) is 5.40. The van der Waals surface area contributed by atoms with E-state index in [1.807, 2.05) is 0 Å². The minimum absolute atomic E-state index is 0.000973. The van der Waals surface area contributed by atoms with Gasteiger partial charge in [0, 0.05) is 18.6 Å². The molecule has 1 aliphatic heterocycles. The topological polar surface area (TPSA) is 69.0 Å². The summed E-state index contributed by atoms with van der Waals surface area (Å²) in [5, 5.41) is 11.7. The first kappa shape index (κ1) is 13.2. The summed E-state index contributed by atoms with van der Waals surface area (Å²) >= 11 is 0. The van der Waals surface area contributed by atoms with Gasteiger partial charge < -0.3 is 14.6 Å². The van der Waals surface area contributed by atoms with Gasteiger partial charge in [-0.15, -0.1) is 10.2 Å². The van der Waals surface area contributed by atoms with Gasteiger partial charge in [-0.05, 0) is 38.5 Å². The van der Waals surface area contributed by atoms with E-state index in [1.165, 1.54) is 25.7 Å². The fraction of sp³-hybridized carbons (Fsp3) is 0.800. The Labute approximate surface area is 124 Å². The third-order valence-electron chi connectivity index (χ3n) is 4.60. The molecular formula is C15H22N4O2. The van der Waals surface area contributed by atoms with Crippen LogP contribution in [0.4, 0.5) is 0 Å². The van der Waals surface area contributed by atoms with Crippen LogP contribution in [0.5, 0.6) is 0 Å². The van der Waals surface area contributed by atoms with Crippen LogP contribution in [-0.2, 0) is 16.1 Å². The Morgan fingerprint density at radius 1 is 1.24 bits per heavy atom. The van der Waals surface area contributed by atoms with Crippen LogP contribution in [0, 0.1) is 5.92 Å². The molecule has 6 nitrogen and oxygen atoms in total. The summed E-state index contributed by atoms with van der Waals surface area (Å²) in [6, 6.07) is 0.570. The summed E-state index contributed by atoms with van der Waals surface area (Å²) in [5.41, 5.74) is 0. The predicted molar refractivity (Wildman–Crippen MR) is 75.7 cm³/mol. The molecule has 3 aliphatic rings. The van der Waals surface area contributed by atoms with E-state index in [0.717, 1.165) is 31.1 Å². The van der Waals surface area contributed by atoms with Gasteiger partial charge in [0.05, 0.1) is 19.1 Å². The van der Waals surface area contributed by atoms with Crippen molar-refractivity contribution in [3.8, 4) is 0 Å². The molecule has 2 aliphatic carbocycles. The Morgan fingerprint density at radius 2 is 2.10 bits per heavy atom. The van der Waals surface area contributed by atoms with Crippen molar-refractivity contribution in [2.75, 3.05) is 13.2 Å². The van der Waals surface area contributed by atoms with Gasteiger partial charge in [-0.2, -0.15) is 0 Å². The summed E-state index contributed by atoms with van der Waals surface area (Å²) in [4.78, 5) is 12.2. The van der Waals surface area contributed by atoms with Gasteiger partial charge in [0.2, 0.25) is 5.91 Å². The highest BCUT2D eigenvalue weighted by Crippen LogP contribution is 2.44. The smallest absolute Gasteiger partial charge is 0.225 e. The van der Waals surface area contributed by atoms with Gasteiger partial charge in [0.15, 0.2) is 5.82 Å². The predicted octanol–water partition coefficient (Wildman–Crippen LogP) is 1.53. The highest BCUT2D eigenvalue weighted by Gasteiger charge is 2.36. The number of rotatable bonds is 5. The zero-order valence-corrected chi connectivity index (χ0v) is 12.3. The second-order valence-corrected chi connectivity index (χ2v) is 6.48. The summed E-state index contributed by atoms with van der Waals surface area (Å²) in [7, 11) is 0. The van der Waals surface area contributed by atoms with Crippen LogP contribution in [0.15, 0.2) is 0 Å². The number of aromatic nitrogens is 3. The van der Waals surface area contributed by atoms with E-state index in [-0.39, 0.29) is 11.8 Å². The molecule has 4 rings (SSSR count). The lowest BCUT2D eigenvalue weighted by Crippen LogP contribution is -2.35. The van der Waals surface area contributed by atoms with E-state index in [9.17, 15) is 4.79 Å². The highest BCUT2D eigenvalue weighted by atomic mass is 16.5. The van der Waals surface area contributed by atoms with Crippen molar-refractivity contribution in [1.29, 1.82) is 0 Å². The van der Waals surface area contributed by atoms with E-state index in [2.05, 4.69) is 20.1 Å². The number of amides is 1. The van der Waals surface area contributed by atoms with E-state index in [0.29, 0.717) is 25.1 Å². The van der Waals surface area contributed by atoms with Gasteiger partial charge in [-0.25, -0.2) is 0 Å². The molecule has 2 heterocycles. The molecule has 3 fully saturated rings. The lowest BCUT2D eigenvalue weighted by atomic mass is 10.0. The molecule has 1 amide bonds. The number of nitrogens with one attached hydrogen (secondary N) is 1. The first-order valence-corrected chi connectivity index (χ1v) is 8.12. The Bertz CT molecular complexity index is 528. The molecule has 114 valence electrons. The van der Waals surface area contributed by atoms with Crippen molar-refractivity contribution in [2.24, 2.45) is 5.92 Å². The highest BCUT2D eigenvalue weighted by molar-refractivity contribution is 5.78. The summed E-state index contributed by atoms with van der Waals surface area (Å²) < 4.78 is 7.66. The third-order valence-corrected chi connectivity index (χ3v) is 4.60. The van der Waals surface area contributed by atoms with Crippen LogP contribution in [0.1, 0.15) is 62.1 Å². The lowest BCUT2D eigenvalue weighted by molar-refractivity contribution is -0.129. The molecule has 6 heteroatoms. The Morgan fingerprint density at radius 3 is 2.76 bits per heavy atom. The van der Waals surface area contributed by atoms with Crippen molar-refractivity contribution in [1.82, 2.24) is 20.1 Å². The standard InChI is InChI=1S/C15H22N4O2/c20-15(11-2-1-7-21-9-11)16-8-13-17-18-14(10-3-4-10)19(13)12-5-6-12/h10-12H,1-9H2,(H,16,20). The van der Waals surface area contributed by atoms with Crippen molar-refractivity contribution < 1.29 is 9.53 Å². The monoisotopic (exact) mass is 290 g/mol. The normalized spacial score (nSPS) is 25.8. The SMILES string of the molecule is O=C(NCc1nnc(C2CC2)n1C1CC1)C1CCCOC1. The van der Waals surface area contributed by atoms with Crippen LogP contribution in [-0.4, -0.2) is 33.9 Å². The van der Waals surface area contributed by atoms with Crippen molar-refractivity contribution >= 4 is 5.91 Å². The van der Waals surface area contributed by atoms with Crippen LogP contribution < -0.4 is 5.32 Å². The van der Waals surface area contributed by atoms with Crippen molar-refractivity contribution in [3.05, 3.63) is 11.6 Å². The second-order valence-electron chi connectivity index (χ2n) is 6.48. The van der Waals surface area contributed by atoms with Gasteiger partial charge >= 0.3 is 0 Å². The maximum absolute atomic E-state index is 12.2. The molecule has 0 bridgehead atoms. The van der Waals surface area contributed by atoms with E-state index in [4.69, 9.17) is 4.74 Å². The first-order chi connectivity index (χ1) is 10.3. The first-order valence-electron chi connectivity index (χ1n) is 8.12. The van der Waals surface area contributed by atoms with Gasteiger partial charge in [0.25, 0.3) is 0 Å². The third kappa shape index (κ3) is 2.81. The lowest BCUT2D eigenvalue weighted by Gasteiger charge is -2.21. The summed E-state index contributed by atoms with van der Waals surface area (Å²) in [6.45, 7) is 1.82. The maximum Gasteiger partial charge on any atom is 0.225 e. The van der Waals surface area contributed by atoms with Gasteiger partial charge in [-0.3, -0.25) is 4.79 Å². The molecule has 1 saturated heterocycles. The summed E-state index contributed by atoms with van der Waals surface area (Å²) in [6.07, 6.45) is 6.80. The molecule has 1 atom stereocenters. The minimum atomic E-state index is -0.000973. The largest absolute Gasteiger partial charge is 0.381 e. The van der Waals surface area contributed by atoms with Crippen molar-refractivity contribution in [3.63, 3.8) is 0 Å². The van der Waals surface area contributed by atoms with Crippen LogP contribution in [0.3, 0.4) is 0 Å². The fourth-order valence-electron chi connectivity index (χ4n) is 3.07. The number of carbonyl (C=O) groups excluding carboxylic acids is 1. The molecule has 2 saturated carbocycles. The molecule has 0 radical (unpaired) electrons. The number of hydrogen-bond donors (Lipinski definition) is 1. The summed E-state index contributed by atoms with van der Waals surface area (Å²) in [5.74, 6) is 2.76. The van der Waals surface area contributed by atoms with E-state index >= 15 is 0 Å². The molecule has 0 spiro atoms. The zero-order valence-electron chi connectivity index (χ0n) is 12.3. The molecule has 1 aromatic heterocycles. The van der Waals surface area contributed by atoms with Crippen LogP contribution in [0.25, 0.3) is 0 Å². The molecule has 1 aromatic rings. The van der Waals surface area contributed by atoms with Gasteiger partial charge in [-0.1, -0.05) is 0 Å². The number of hydrogen-bond acceptors (Lipinski definition) is 4. The number of nitrogens with zero attached hydrogens (tertiary/aromatic N) is 3. The molecule has 1 unspecified atom stereocenters. The average Bonchev–Trinajstić information content (AvgIpc) is 3.44. The van der Waals surface area contributed by atoms with Crippen LogP contribution >= 0.6 is 0 Å². The van der Waals surface area contributed by atoms with Gasteiger partial charge in [0.1, 0.15) is 5.82 Å².